The third kappa shape index (κ3) is 5.48. The SMILES string of the molecule is CCOCCS(=O)(=O)NC(CC)(CC)CCl. The Balaban J connectivity index is 4.42. The van der Waals surface area contributed by atoms with E-state index in [1.165, 1.54) is 0 Å². The zero-order valence-electron chi connectivity index (χ0n) is 10.3. The summed E-state index contributed by atoms with van der Waals surface area (Å²) in [6.07, 6.45) is 1.36. The summed E-state index contributed by atoms with van der Waals surface area (Å²) in [6, 6.07) is 0. The van der Waals surface area contributed by atoms with Crippen molar-refractivity contribution in [1.29, 1.82) is 0 Å². The van der Waals surface area contributed by atoms with E-state index in [0.717, 1.165) is 0 Å². The summed E-state index contributed by atoms with van der Waals surface area (Å²) in [5.41, 5.74) is -0.521. The maximum Gasteiger partial charge on any atom is 0.214 e. The number of alkyl halides is 1. The normalized spacial score (nSPS) is 13.0. The van der Waals surface area contributed by atoms with Crippen molar-refractivity contribution in [3.8, 4) is 0 Å². The van der Waals surface area contributed by atoms with Crippen LogP contribution in [0.1, 0.15) is 33.6 Å². The molecule has 0 rings (SSSR count). The van der Waals surface area contributed by atoms with Crippen molar-refractivity contribution in [2.24, 2.45) is 0 Å². The quantitative estimate of drug-likeness (QED) is 0.513. The van der Waals surface area contributed by atoms with Crippen molar-refractivity contribution in [3.63, 3.8) is 0 Å². The fourth-order valence-corrected chi connectivity index (χ4v) is 3.29. The fourth-order valence-electron chi connectivity index (χ4n) is 1.30. The largest absolute Gasteiger partial charge is 0.381 e. The predicted molar refractivity (Wildman–Crippen MR) is 67.4 cm³/mol. The van der Waals surface area contributed by atoms with Crippen LogP contribution in [0.25, 0.3) is 0 Å². The second-order valence-electron chi connectivity index (χ2n) is 3.74. The monoisotopic (exact) mass is 271 g/mol. The highest BCUT2D eigenvalue weighted by molar-refractivity contribution is 7.89. The molecular formula is C10H22ClNO3S. The Labute approximate surface area is 104 Å². The zero-order valence-corrected chi connectivity index (χ0v) is 11.8. The molecule has 0 amide bonds. The average Bonchev–Trinajstić information content (AvgIpc) is 2.26. The Hall–Kier alpha value is 0.160. The van der Waals surface area contributed by atoms with Crippen molar-refractivity contribution in [1.82, 2.24) is 4.72 Å². The molecule has 0 aromatic rings. The highest BCUT2D eigenvalue weighted by Gasteiger charge is 2.30. The van der Waals surface area contributed by atoms with Gasteiger partial charge in [-0.05, 0) is 19.8 Å². The summed E-state index contributed by atoms with van der Waals surface area (Å²) in [6.45, 7) is 6.43. The van der Waals surface area contributed by atoms with Crippen molar-refractivity contribution in [2.45, 2.75) is 39.2 Å². The van der Waals surface area contributed by atoms with Gasteiger partial charge in [-0.15, -0.1) is 11.6 Å². The first-order valence-electron chi connectivity index (χ1n) is 5.60. The number of sulfonamides is 1. The first kappa shape index (κ1) is 16.2. The third-order valence-corrected chi connectivity index (χ3v) is 4.64. The van der Waals surface area contributed by atoms with Gasteiger partial charge in [0, 0.05) is 18.0 Å². The predicted octanol–water partition coefficient (Wildman–Crippen LogP) is 1.74. The van der Waals surface area contributed by atoms with E-state index in [4.69, 9.17) is 16.3 Å². The number of ether oxygens (including phenoxy) is 1. The molecule has 0 unspecified atom stereocenters. The van der Waals surface area contributed by atoms with E-state index in [1.807, 2.05) is 20.8 Å². The highest BCUT2D eigenvalue weighted by Crippen LogP contribution is 2.18. The summed E-state index contributed by atoms with van der Waals surface area (Å²) in [4.78, 5) is 0. The van der Waals surface area contributed by atoms with E-state index >= 15 is 0 Å². The number of rotatable bonds is 9. The Bertz CT molecular complexity index is 268. The molecule has 0 aromatic heterocycles. The van der Waals surface area contributed by atoms with Crippen LogP contribution in [0, 0.1) is 0 Å². The lowest BCUT2D eigenvalue weighted by atomic mass is 9.97. The summed E-state index contributed by atoms with van der Waals surface area (Å²) < 4.78 is 31.2. The van der Waals surface area contributed by atoms with E-state index in [1.54, 1.807) is 0 Å². The molecule has 0 radical (unpaired) electrons. The zero-order chi connectivity index (χ0) is 12.7. The molecule has 0 heterocycles. The molecule has 4 nitrogen and oxygen atoms in total. The Morgan fingerprint density at radius 2 is 1.81 bits per heavy atom. The number of halogens is 1. The van der Waals surface area contributed by atoms with Gasteiger partial charge >= 0.3 is 0 Å². The highest BCUT2D eigenvalue weighted by atomic mass is 35.5. The van der Waals surface area contributed by atoms with Crippen LogP contribution in [0.15, 0.2) is 0 Å². The van der Waals surface area contributed by atoms with E-state index < -0.39 is 15.6 Å². The molecule has 98 valence electrons. The standard InChI is InChI=1S/C10H22ClNO3S/c1-4-10(5-2,9-11)12-16(13,14)8-7-15-6-3/h12H,4-9H2,1-3H3. The Morgan fingerprint density at radius 3 is 2.19 bits per heavy atom. The van der Waals surface area contributed by atoms with Crippen LogP contribution in [-0.4, -0.2) is 38.8 Å². The lowest BCUT2D eigenvalue weighted by Crippen LogP contribution is -2.50. The van der Waals surface area contributed by atoms with Gasteiger partial charge < -0.3 is 4.74 Å². The van der Waals surface area contributed by atoms with E-state index in [9.17, 15) is 8.42 Å². The Morgan fingerprint density at radius 1 is 1.25 bits per heavy atom. The van der Waals surface area contributed by atoms with Gasteiger partial charge in [0.05, 0.1) is 12.4 Å². The lowest BCUT2D eigenvalue weighted by Gasteiger charge is -2.30. The summed E-state index contributed by atoms with van der Waals surface area (Å²) in [7, 11) is -3.31. The molecule has 0 saturated carbocycles. The minimum absolute atomic E-state index is 0.0144. The molecule has 0 fully saturated rings. The van der Waals surface area contributed by atoms with E-state index in [2.05, 4.69) is 4.72 Å². The Kier molecular flexibility index (Phi) is 7.55. The first-order chi connectivity index (χ1) is 7.45. The van der Waals surface area contributed by atoms with Gasteiger partial charge in [-0.1, -0.05) is 13.8 Å². The summed E-state index contributed by atoms with van der Waals surface area (Å²) >= 11 is 5.83. The maximum absolute atomic E-state index is 11.7. The number of hydrogen-bond acceptors (Lipinski definition) is 3. The van der Waals surface area contributed by atoms with Crippen LogP contribution in [0.4, 0.5) is 0 Å². The summed E-state index contributed by atoms with van der Waals surface area (Å²) in [5.74, 6) is 0.271. The molecule has 0 atom stereocenters. The topological polar surface area (TPSA) is 55.4 Å². The molecule has 16 heavy (non-hydrogen) atoms. The lowest BCUT2D eigenvalue weighted by molar-refractivity contribution is 0.163. The van der Waals surface area contributed by atoms with Gasteiger partial charge in [-0.25, -0.2) is 13.1 Å². The summed E-state index contributed by atoms with van der Waals surface area (Å²) in [5, 5.41) is 0. The minimum Gasteiger partial charge on any atom is -0.381 e. The van der Waals surface area contributed by atoms with Crippen LogP contribution in [0.2, 0.25) is 0 Å². The number of hydrogen-bond donors (Lipinski definition) is 1. The molecule has 0 saturated heterocycles. The molecular weight excluding hydrogens is 250 g/mol. The number of nitrogens with one attached hydrogen (secondary N) is 1. The molecule has 0 spiro atoms. The van der Waals surface area contributed by atoms with Gasteiger partial charge in [0.2, 0.25) is 10.0 Å². The van der Waals surface area contributed by atoms with E-state index in [0.29, 0.717) is 19.4 Å². The van der Waals surface area contributed by atoms with Gasteiger partial charge in [0.25, 0.3) is 0 Å². The second-order valence-corrected chi connectivity index (χ2v) is 5.85. The van der Waals surface area contributed by atoms with E-state index in [-0.39, 0.29) is 18.2 Å². The van der Waals surface area contributed by atoms with Crippen LogP contribution in [-0.2, 0) is 14.8 Å². The minimum atomic E-state index is -3.31. The second kappa shape index (κ2) is 7.48. The van der Waals surface area contributed by atoms with Crippen LogP contribution in [0.3, 0.4) is 0 Å². The fraction of sp³-hybridized carbons (Fsp3) is 1.00. The smallest absolute Gasteiger partial charge is 0.214 e. The first-order valence-corrected chi connectivity index (χ1v) is 7.79. The molecule has 0 aromatic carbocycles. The molecule has 0 aliphatic heterocycles. The van der Waals surface area contributed by atoms with Crippen molar-refractivity contribution in [3.05, 3.63) is 0 Å². The van der Waals surface area contributed by atoms with Gasteiger partial charge in [-0.2, -0.15) is 0 Å². The third-order valence-electron chi connectivity index (χ3n) is 2.68. The molecule has 0 aliphatic rings. The van der Waals surface area contributed by atoms with Crippen LogP contribution < -0.4 is 4.72 Å². The molecule has 6 heteroatoms. The van der Waals surface area contributed by atoms with Gasteiger partial charge in [0.15, 0.2) is 0 Å². The van der Waals surface area contributed by atoms with Crippen molar-refractivity contribution in [2.75, 3.05) is 24.8 Å². The van der Waals surface area contributed by atoms with Gasteiger partial charge in [0.1, 0.15) is 0 Å². The molecule has 1 N–H and O–H groups in total. The maximum atomic E-state index is 11.7. The van der Waals surface area contributed by atoms with Gasteiger partial charge in [-0.3, -0.25) is 0 Å². The van der Waals surface area contributed by atoms with Crippen LogP contribution in [0.5, 0.6) is 0 Å². The molecule has 0 aliphatic carbocycles. The van der Waals surface area contributed by atoms with Crippen molar-refractivity contribution < 1.29 is 13.2 Å². The van der Waals surface area contributed by atoms with Crippen molar-refractivity contribution >= 4 is 21.6 Å². The van der Waals surface area contributed by atoms with Crippen LogP contribution >= 0.6 is 11.6 Å². The average molecular weight is 272 g/mol. The molecule has 0 bridgehead atoms.